The number of hydrogen-bond donors (Lipinski definition) is 2. The average molecular weight is 334 g/mol. The van der Waals surface area contributed by atoms with E-state index in [1.807, 2.05) is 13.8 Å². The molecular weight excluding hydrogens is 304 g/mol. The number of carboxylic acid groups (broad SMARTS) is 1. The number of hydrogen-bond acceptors (Lipinski definition) is 3. The van der Waals surface area contributed by atoms with Crippen molar-refractivity contribution in [1.82, 2.24) is 0 Å². The number of rotatable bonds is 2. The SMILES string of the molecule is CC[C@@]1(C)CC[C@@H]2C(=C(O)C(=O)[C@H]3C(C)(C)CCC[C@]23C(=O)O)C1. The Morgan fingerprint density at radius 3 is 2.46 bits per heavy atom. The highest BCUT2D eigenvalue weighted by atomic mass is 16.4. The summed E-state index contributed by atoms with van der Waals surface area (Å²) < 4.78 is 0. The van der Waals surface area contributed by atoms with Crippen LogP contribution < -0.4 is 0 Å². The summed E-state index contributed by atoms with van der Waals surface area (Å²) in [5, 5.41) is 20.9. The van der Waals surface area contributed by atoms with Crippen LogP contribution in [0, 0.1) is 28.1 Å². The third-order valence-electron chi connectivity index (χ3n) is 7.46. The first-order chi connectivity index (χ1) is 11.1. The summed E-state index contributed by atoms with van der Waals surface area (Å²) >= 11 is 0. The second-order valence-corrected chi connectivity index (χ2v) is 9.29. The number of fused-ring (bicyclic) bond motifs is 3. The molecule has 0 heterocycles. The number of ketones is 1. The van der Waals surface area contributed by atoms with Gasteiger partial charge in [-0.3, -0.25) is 9.59 Å². The van der Waals surface area contributed by atoms with E-state index in [0.717, 1.165) is 37.7 Å². The van der Waals surface area contributed by atoms with Crippen LogP contribution in [0.15, 0.2) is 11.3 Å². The minimum absolute atomic E-state index is 0.0524. The lowest BCUT2D eigenvalue weighted by Crippen LogP contribution is -2.60. The van der Waals surface area contributed by atoms with E-state index in [0.29, 0.717) is 12.8 Å². The van der Waals surface area contributed by atoms with Crippen molar-refractivity contribution >= 4 is 11.8 Å². The van der Waals surface area contributed by atoms with Crippen LogP contribution in [-0.2, 0) is 9.59 Å². The van der Waals surface area contributed by atoms with Crippen LogP contribution >= 0.6 is 0 Å². The van der Waals surface area contributed by atoms with E-state index in [1.165, 1.54) is 0 Å². The van der Waals surface area contributed by atoms with E-state index in [4.69, 9.17) is 0 Å². The topological polar surface area (TPSA) is 74.6 Å². The maximum atomic E-state index is 13.1. The van der Waals surface area contributed by atoms with E-state index >= 15 is 0 Å². The first kappa shape index (κ1) is 17.5. The van der Waals surface area contributed by atoms with Gasteiger partial charge < -0.3 is 10.2 Å². The van der Waals surface area contributed by atoms with Gasteiger partial charge in [0.15, 0.2) is 5.76 Å². The molecule has 0 aromatic carbocycles. The minimum Gasteiger partial charge on any atom is -0.504 e. The van der Waals surface area contributed by atoms with E-state index in [9.17, 15) is 19.8 Å². The van der Waals surface area contributed by atoms with Gasteiger partial charge >= 0.3 is 5.97 Å². The Hall–Kier alpha value is -1.32. The van der Waals surface area contributed by atoms with Gasteiger partial charge in [0.25, 0.3) is 0 Å². The molecule has 2 fully saturated rings. The monoisotopic (exact) mass is 334 g/mol. The number of allylic oxidation sites excluding steroid dienone is 2. The van der Waals surface area contributed by atoms with Gasteiger partial charge in [0.1, 0.15) is 0 Å². The maximum absolute atomic E-state index is 13.1. The normalized spacial score (nSPS) is 41.6. The molecule has 0 aliphatic heterocycles. The molecular formula is C20H30O4. The zero-order chi connectivity index (χ0) is 17.9. The molecule has 0 spiro atoms. The minimum atomic E-state index is -1.03. The smallest absolute Gasteiger partial charge is 0.311 e. The Bertz CT molecular complexity index is 617. The average Bonchev–Trinajstić information content (AvgIpc) is 2.51. The molecule has 3 aliphatic carbocycles. The molecule has 2 N–H and O–H groups in total. The molecule has 2 saturated carbocycles. The molecule has 3 rings (SSSR count). The summed E-state index contributed by atoms with van der Waals surface area (Å²) in [5.41, 5.74) is -0.641. The fourth-order valence-corrected chi connectivity index (χ4v) is 5.92. The molecule has 4 heteroatoms. The van der Waals surface area contributed by atoms with Gasteiger partial charge in [-0.1, -0.05) is 40.5 Å². The molecule has 0 bridgehead atoms. The van der Waals surface area contributed by atoms with Crippen LogP contribution in [0.1, 0.15) is 72.6 Å². The van der Waals surface area contributed by atoms with Crippen LogP contribution in [0.4, 0.5) is 0 Å². The lowest BCUT2D eigenvalue weighted by Gasteiger charge is -2.57. The number of carbonyl (C=O) groups is 2. The lowest BCUT2D eigenvalue weighted by atomic mass is 9.44. The zero-order valence-corrected chi connectivity index (χ0v) is 15.3. The fourth-order valence-electron chi connectivity index (χ4n) is 5.92. The third-order valence-corrected chi connectivity index (χ3v) is 7.46. The first-order valence-electron chi connectivity index (χ1n) is 9.29. The third kappa shape index (κ3) is 2.18. The number of Topliss-reactive ketones (excluding diaryl/α,β-unsaturated/α-hetero) is 1. The largest absolute Gasteiger partial charge is 0.504 e. The van der Waals surface area contributed by atoms with Gasteiger partial charge in [-0.05, 0) is 48.5 Å². The fraction of sp³-hybridized carbons (Fsp3) is 0.800. The van der Waals surface area contributed by atoms with Crippen molar-refractivity contribution in [2.24, 2.45) is 28.1 Å². The number of aliphatic hydroxyl groups is 1. The number of aliphatic hydroxyl groups excluding tert-OH is 1. The van der Waals surface area contributed by atoms with E-state index < -0.39 is 22.7 Å². The van der Waals surface area contributed by atoms with Crippen LogP contribution in [-0.4, -0.2) is 22.0 Å². The number of aliphatic carboxylic acids is 1. The summed E-state index contributed by atoms with van der Waals surface area (Å²) in [7, 11) is 0. The summed E-state index contributed by atoms with van der Waals surface area (Å²) in [6.45, 7) is 8.29. The highest BCUT2D eigenvalue weighted by molar-refractivity contribution is 6.02. The molecule has 0 unspecified atom stereocenters. The molecule has 0 aromatic rings. The quantitative estimate of drug-likeness (QED) is 0.780. The molecule has 4 atom stereocenters. The second kappa shape index (κ2) is 5.34. The zero-order valence-electron chi connectivity index (χ0n) is 15.3. The van der Waals surface area contributed by atoms with Gasteiger partial charge in [0.2, 0.25) is 5.78 Å². The number of carbonyl (C=O) groups excluding carboxylic acids is 1. The first-order valence-corrected chi connectivity index (χ1v) is 9.29. The Kier molecular flexibility index (Phi) is 3.89. The van der Waals surface area contributed by atoms with Gasteiger partial charge in [0, 0.05) is 11.8 Å². The summed E-state index contributed by atoms with van der Waals surface area (Å²) in [4.78, 5) is 25.5. The summed E-state index contributed by atoms with van der Waals surface area (Å²) in [6.07, 6.45) is 5.55. The van der Waals surface area contributed by atoms with Crippen molar-refractivity contribution in [3.8, 4) is 0 Å². The van der Waals surface area contributed by atoms with Gasteiger partial charge in [-0.2, -0.15) is 0 Å². The standard InChI is InChI=1S/C20H30O4/c1-5-19(4)10-7-13-12(11-19)14(21)15(22)16-18(2,3)8-6-9-20(13,16)17(23)24/h13,16,21H,5-11H2,1-4H3,(H,23,24)/t13-,16+,19+,20+/m1/s1. The molecule has 0 radical (unpaired) electrons. The number of carboxylic acids is 1. The predicted octanol–water partition coefficient (Wildman–Crippen LogP) is 4.49. The Morgan fingerprint density at radius 1 is 1.21 bits per heavy atom. The van der Waals surface area contributed by atoms with E-state index in [2.05, 4.69) is 13.8 Å². The highest BCUT2D eigenvalue weighted by Gasteiger charge is 2.65. The highest BCUT2D eigenvalue weighted by Crippen LogP contribution is 2.64. The van der Waals surface area contributed by atoms with Crippen molar-refractivity contribution in [3.63, 3.8) is 0 Å². The molecule has 24 heavy (non-hydrogen) atoms. The Morgan fingerprint density at radius 2 is 1.88 bits per heavy atom. The van der Waals surface area contributed by atoms with Crippen molar-refractivity contribution in [2.45, 2.75) is 72.6 Å². The van der Waals surface area contributed by atoms with Crippen molar-refractivity contribution in [1.29, 1.82) is 0 Å². The molecule has 4 nitrogen and oxygen atoms in total. The predicted molar refractivity (Wildman–Crippen MR) is 91.6 cm³/mol. The van der Waals surface area contributed by atoms with Crippen molar-refractivity contribution < 1.29 is 19.8 Å². The molecule has 134 valence electrons. The molecule has 3 aliphatic rings. The maximum Gasteiger partial charge on any atom is 0.311 e. The van der Waals surface area contributed by atoms with Crippen molar-refractivity contribution in [3.05, 3.63) is 11.3 Å². The van der Waals surface area contributed by atoms with Gasteiger partial charge in [-0.15, -0.1) is 0 Å². The van der Waals surface area contributed by atoms with E-state index in [1.54, 1.807) is 0 Å². The summed E-state index contributed by atoms with van der Waals surface area (Å²) in [5.74, 6) is -2.10. The molecule has 0 aromatic heterocycles. The Balaban J connectivity index is 2.19. The Labute approximate surface area is 144 Å². The summed E-state index contributed by atoms with van der Waals surface area (Å²) in [6, 6.07) is 0. The molecule has 0 amide bonds. The second-order valence-electron chi connectivity index (χ2n) is 9.29. The lowest BCUT2D eigenvalue weighted by molar-refractivity contribution is -0.175. The molecule has 0 saturated heterocycles. The van der Waals surface area contributed by atoms with Crippen LogP contribution in [0.5, 0.6) is 0 Å². The van der Waals surface area contributed by atoms with E-state index in [-0.39, 0.29) is 22.9 Å². The van der Waals surface area contributed by atoms with Crippen LogP contribution in [0.25, 0.3) is 0 Å². The van der Waals surface area contributed by atoms with Crippen molar-refractivity contribution in [2.75, 3.05) is 0 Å². The van der Waals surface area contributed by atoms with Gasteiger partial charge in [0.05, 0.1) is 5.41 Å². The van der Waals surface area contributed by atoms with Gasteiger partial charge in [-0.25, -0.2) is 0 Å². The van der Waals surface area contributed by atoms with Crippen LogP contribution in [0.3, 0.4) is 0 Å². The van der Waals surface area contributed by atoms with Crippen LogP contribution in [0.2, 0.25) is 0 Å².